The molecule has 0 fully saturated rings. The lowest BCUT2D eigenvalue weighted by Gasteiger charge is -2.22. The van der Waals surface area contributed by atoms with E-state index < -0.39 is 5.91 Å². The van der Waals surface area contributed by atoms with Crippen molar-refractivity contribution in [1.29, 1.82) is 0 Å². The van der Waals surface area contributed by atoms with Gasteiger partial charge in [0.2, 0.25) is 5.91 Å². The Morgan fingerprint density at radius 2 is 2.10 bits per heavy atom. The average molecular weight is 400 g/mol. The van der Waals surface area contributed by atoms with Gasteiger partial charge in [-0.15, -0.1) is 4.98 Å². The number of amides is 1. The molecule has 0 saturated carbocycles. The van der Waals surface area contributed by atoms with Gasteiger partial charge in [-0.3, -0.25) is 10.0 Å². The molecule has 150 valence electrons. The van der Waals surface area contributed by atoms with Gasteiger partial charge in [0, 0.05) is 36.7 Å². The van der Waals surface area contributed by atoms with Crippen molar-refractivity contribution < 1.29 is 14.7 Å². The van der Waals surface area contributed by atoms with E-state index in [4.69, 9.17) is 16.5 Å². The molecule has 2 N–H and O–H groups in total. The minimum atomic E-state index is -0.482. The van der Waals surface area contributed by atoms with E-state index in [1.807, 2.05) is 54.4 Å². The number of hydrogen-bond donors (Lipinski definition) is 2. The molecule has 0 aliphatic carbocycles. The highest BCUT2D eigenvalue weighted by molar-refractivity contribution is 5.95. The Balaban J connectivity index is 1.99. The number of methoxy groups -OCH3 is 1. The first kappa shape index (κ1) is 20.7. The highest BCUT2D eigenvalue weighted by atomic mass is 16.5. The van der Waals surface area contributed by atoms with Gasteiger partial charge in [0.15, 0.2) is 5.52 Å². The molecule has 7 nitrogen and oxygen atoms in total. The van der Waals surface area contributed by atoms with E-state index in [-0.39, 0.29) is 6.42 Å². The van der Waals surface area contributed by atoms with Crippen molar-refractivity contribution in [2.75, 3.05) is 19.1 Å². The minimum Gasteiger partial charge on any atom is -0.495 e. The number of fused-ring (bicyclic) bond motifs is 1. The van der Waals surface area contributed by atoms with Gasteiger partial charge in [-0.05, 0) is 36.4 Å². The van der Waals surface area contributed by atoms with E-state index in [2.05, 4.69) is 21.7 Å². The molecule has 0 unspecified atom stereocenters. The number of carbonyl (C=O) groups is 1. The molecule has 3 aromatic rings. The molecule has 0 bridgehead atoms. The number of anilines is 2. The summed E-state index contributed by atoms with van der Waals surface area (Å²) in [5.41, 5.74) is 4.74. The Hall–Kier alpha value is -4.07. The zero-order chi connectivity index (χ0) is 21.5. The van der Waals surface area contributed by atoms with Gasteiger partial charge < -0.3 is 14.5 Å². The van der Waals surface area contributed by atoms with E-state index in [9.17, 15) is 4.79 Å². The van der Waals surface area contributed by atoms with E-state index in [0.29, 0.717) is 23.6 Å². The van der Waals surface area contributed by atoms with Crippen LogP contribution in [0.3, 0.4) is 0 Å². The number of ether oxygens (including phenoxy) is 1. The summed E-state index contributed by atoms with van der Waals surface area (Å²) in [6.45, 7) is 7.35. The van der Waals surface area contributed by atoms with Crippen LogP contribution in [0.1, 0.15) is 18.4 Å². The van der Waals surface area contributed by atoms with Crippen molar-refractivity contribution in [3.63, 3.8) is 0 Å². The van der Waals surface area contributed by atoms with Crippen molar-refractivity contribution >= 4 is 34.0 Å². The van der Waals surface area contributed by atoms with Crippen molar-refractivity contribution in [2.24, 2.45) is 0 Å². The predicted molar refractivity (Wildman–Crippen MR) is 115 cm³/mol. The van der Waals surface area contributed by atoms with Crippen LogP contribution in [0.5, 0.6) is 5.75 Å². The monoisotopic (exact) mass is 400 g/mol. The first-order valence-electron chi connectivity index (χ1n) is 9.18. The van der Waals surface area contributed by atoms with Crippen molar-refractivity contribution in [2.45, 2.75) is 12.8 Å². The number of nitrogens with zero attached hydrogens (tertiary/aromatic N) is 3. The van der Waals surface area contributed by atoms with Crippen LogP contribution in [0.4, 0.5) is 17.2 Å². The number of hydroxylamine groups is 1. The maximum atomic E-state index is 11.1. The number of benzene rings is 2. The van der Waals surface area contributed by atoms with Crippen LogP contribution in [0, 0.1) is 18.4 Å². The van der Waals surface area contributed by atoms with E-state index in [1.54, 1.807) is 18.7 Å². The second-order valence-corrected chi connectivity index (χ2v) is 6.41. The fourth-order valence-corrected chi connectivity index (χ4v) is 3.01. The van der Waals surface area contributed by atoms with Crippen LogP contribution in [-0.2, 0) is 4.79 Å². The third-order valence-electron chi connectivity index (χ3n) is 4.55. The molecule has 3 rings (SSSR count). The third kappa shape index (κ3) is 4.49. The summed E-state index contributed by atoms with van der Waals surface area (Å²) in [5, 5.41) is 9.49. The SMILES string of the molecule is [C-]#[N+]c1cc(N(C)c2ccc(OC)c(C#CCCC(=O)NO)c2)c2ccccc2n1. The molecule has 0 atom stereocenters. The molecular formula is C23H20N4O3. The Labute approximate surface area is 174 Å². The predicted octanol–water partition coefficient (Wildman–Crippen LogP) is 4.20. The summed E-state index contributed by atoms with van der Waals surface area (Å²) in [6.07, 6.45) is 0.410. The molecule has 0 radical (unpaired) electrons. The fraction of sp³-hybridized carbons (Fsp3) is 0.174. The first-order valence-corrected chi connectivity index (χ1v) is 9.18. The van der Waals surface area contributed by atoms with Crippen LogP contribution in [-0.4, -0.2) is 30.3 Å². The maximum absolute atomic E-state index is 11.1. The van der Waals surface area contributed by atoms with E-state index in [0.717, 1.165) is 22.3 Å². The fourth-order valence-electron chi connectivity index (χ4n) is 3.01. The summed E-state index contributed by atoms with van der Waals surface area (Å²) >= 11 is 0. The second kappa shape index (κ2) is 9.42. The lowest BCUT2D eigenvalue weighted by molar-refractivity contribution is -0.129. The second-order valence-electron chi connectivity index (χ2n) is 6.41. The van der Waals surface area contributed by atoms with Gasteiger partial charge in [-0.2, -0.15) is 0 Å². The molecule has 0 spiro atoms. The molecule has 2 aromatic carbocycles. The number of aromatic nitrogens is 1. The number of nitrogens with one attached hydrogen (secondary N) is 1. The number of pyridine rings is 1. The number of hydrogen-bond acceptors (Lipinski definition) is 5. The van der Waals surface area contributed by atoms with Crippen molar-refractivity contribution in [3.8, 4) is 17.6 Å². The molecule has 0 saturated heterocycles. The Morgan fingerprint density at radius 1 is 1.30 bits per heavy atom. The van der Waals surface area contributed by atoms with Gasteiger partial charge in [-0.1, -0.05) is 30.5 Å². The Bertz CT molecular complexity index is 1190. The number of para-hydroxylation sites is 1. The summed E-state index contributed by atoms with van der Waals surface area (Å²) in [6, 6.07) is 15.1. The number of rotatable bonds is 5. The van der Waals surface area contributed by atoms with Gasteiger partial charge >= 0.3 is 0 Å². The molecular weight excluding hydrogens is 380 g/mol. The lowest BCUT2D eigenvalue weighted by atomic mass is 10.1. The lowest BCUT2D eigenvalue weighted by Crippen LogP contribution is -2.17. The largest absolute Gasteiger partial charge is 0.495 e. The number of carbonyl (C=O) groups excluding carboxylic acids is 1. The molecule has 1 heterocycles. The van der Waals surface area contributed by atoms with Crippen molar-refractivity contribution in [3.05, 3.63) is 65.5 Å². The van der Waals surface area contributed by atoms with Crippen LogP contribution < -0.4 is 15.1 Å². The molecule has 1 amide bonds. The van der Waals surface area contributed by atoms with E-state index >= 15 is 0 Å². The smallest absolute Gasteiger partial charge is 0.272 e. The highest BCUT2D eigenvalue weighted by Gasteiger charge is 2.14. The Morgan fingerprint density at radius 3 is 2.83 bits per heavy atom. The first-order chi connectivity index (χ1) is 14.6. The maximum Gasteiger partial charge on any atom is 0.272 e. The molecule has 0 aliphatic rings. The average Bonchev–Trinajstić information content (AvgIpc) is 2.80. The van der Waals surface area contributed by atoms with Crippen LogP contribution in [0.15, 0.2) is 48.5 Å². The Kier molecular flexibility index (Phi) is 6.49. The quantitative estimate of drug-likeness (QED) is 0.290. The topological polar surface area (TPSA) is 79.1 Å². The van der Waals surface area contributed by atoms with Gasteiger partial charge in [0.1, 0.15) is 5.75 Å². The molecule has 30 heavy (non-hydrogen) atoms. The van der Waals surface area contributed by atoms with Gasteiger partial charge in [0.05, 0.1) is 12.7 Å². The van der Waals surface area contributed by atoms with Crippen LogP contribution >= 0.6 is 0 Å². The third-order valence-corrected chi connectivity index (χ3v) is 4.55. The highest BCUT2D eigenvalue weighted by Crippen LogP contribution is 2.34. The normalized spacial score (nSPS) is 9.93. The molecule has 7 heteroatoms. The summed E-state index contributed by atoms with van der Waals surface area (Å²) < 4.78 is 5.40. The zero-order valence-electron chi connectivity index (χ0n) is 16.6. The summed E-state index contributed by atoms with van der Waals surface area (Å²) in [5.74, 6) is 6.41. The summed E-state index contributed by atoms with van der Waals surface area (Å²) in [7, 11) is 3.49. The molecule has 1 aromatic heterocycles. The van der Waals surface area contributed by atoms with Gasteiger partial charge in [0.25, 0.3) is 5.82 Å². The van der Waals surface area contributed by atoms with Crippen LogP contribution in [0.25, 0.3) is 15.7 Å². The molecule has 0 aliphatic heterocycles. The standard InChI is InChI=1S/C23H20N4O3/c1-24-22-15-20(18-9-5-6-10-19(18)25-22)27(2)17-12-13-21(30-3)16(14-17)8-4-7-11-23(28)26-29/h5-6,9-10,12-15,29H,7,11H2,2-3H3,(H,26,28). The van der Waals surface area contributed by atoms with Crippen molar-refractivity contribution in [1.82, 2.24) is 10.5 Å². The van der Waals surface area contributed by atoms with Crippen LogP contribution in [0.2, 0.25) is 0 Å². The van der Waals surface area contributed by atoms with Gasteiger partial charge in [-0.25, -0.2) is 5.48 Å². The summed E-state index contributed by atoms with van der Waals surface area (Å²) in [4.78, 5) is 21.0. The zero-order valence-corrected chi connectivity index (χ0v) is 16.6. The minimum absolute atomic E-state index is 0.105. The van der Waals surface area contributed by atoms with E-state index in [1.165, 1.54) is 0 Å².